The number of aliphatic carboxylic acids is 1. The maximum Gasteiger partial charge on any atom is 0.392 e. The van der Waals surface area contributed by atoms with E-state index in [1.165, 1.54) is 55.9 Å². The van der Waals surface area contributed by atoms with E-state index in [2.05, 4.69) is 26.0 Å². The first-order valence-corrected chi connectivity index (χ1v) is 16.1. The molecule has 0 bridgehead atoms. The number of hydrogen-bond acceptors (Lipinski definition) is 6. The molecule has 0 aromatic heterocycles. The van der Waals surface area contributed by atoms with Gasteiger partial charge in [0.05, 0.1) is 12.7 Å². The fourth-order valence-corrected chi connectivity index (χ4v) is 6.06. The Morgan fingerprint density at radius 3 is 2.16 bits per heavy atom. The first kappa shape index (κ1) is 34.0. The second-order valence-corrected chi connectivity index (χ2v) is 12.0. The van der Waals surface area contributed by atoms with Gasteiger partial charge in [0, 0.05) is 6.61 Å². The van der Waals surface area contributed by atoms with E-state index >= 15 is 0 Å². The number of carboxylic acids is 1. The van der Waals surface area contributed by atoms with Gasteiger partial charge in [-0.15, -0.1) is 11.8 Å². The average molecular weight is 558 g/mol. The third-order valence-corrected chi connectivity index (χ3v) is 8.87. The number of unbranched alkanes of at least 4 members (excludes halogenated alkanes) is 8. The van der Waals surface area contributed by atoms with Gasteiger partial charge in [0.2, 0.25) is 0 Å². The van der Waals surface area contributed by atoms with Gasteiger partial charge in [-0.3, -0.25) is 0 Å². The van der Waals surface area contributed by atoms with Crippen LogP contribution in [0.1, 0.15) is 109 Å². The van der Waals surface area contributed by atoms with Crippen LogP contribution in [0, 0.1) is 0 Å². The van der Waals surface area contributed by atoms with Crippen LogP contribution in [0.3, 0.4) is 0 Å². The molecule has 0 amide bonds. The SMILES string of the molecule is CCCCCCCCCCOC(C)COC(SCCC(CCCC)c1ccccc1)C(O)([PH+]=O)C(=O)O. The highest BCUT2D eigenvalue weighted by Gasteiger charge is 2.55. The molecule has 1 rings (SSSR count). The second kappa shape index (κ2) is 20.9. The predicted octanol–water partition coefficient (Wildman–Crippen LogP) is 7.77. The number of benzene rings is 1. The fourth-order valence-electron chi connectivity index (χ4n) is 4.24. The fraction of sp³-hybridized carbons (Fsp3) is 0.759. The first-order chi connectivity index (χ1) is 17.9. The Balaban J connectivity index is 2.54. The minimum atomic E-state index is -2.45. The van der Waals surface area contributed by atoms with E-state index in [9.17, 15) is 19.6 Å². The number of rotatable bonds is 24. The van der Waals surface area contributed by atoms with E-state index in [1.807, 2.05) is 25.1 Å². The Labute approximate surface area is 230 Å². The van der Waals surface area contributed by atoms with E-state index in [0.29, 0.717) is 18.3 Å². The topological polar surface area (TPSA) is 93.1 Å². The van der Waals surface area contributed by atoms with Crippen molar-refractivity contribution >= 4 is 26.2 Å². The molecule has 0 fully saturated rings. The highest BCUT2D eigenvalue weighted by Crippen LogP contribution is 2.36. The molecule has 0 spiro atoms. The molecule has 5 unspecified atom stereocenters. The molecular weight excluding hydrogens is 507 g/mol. The minimum absolute atomic E-state index is 0.132. The van der Waals surface area contributed by atoms with E-state index in [1.54, 1.807) is 0 Å². The van der Waals surface area contributed by atoms with Crippen LogP contribution in [-0.2, 0) is 18.8 Å². The summed E-state index contributed by atoms with van der Waals surface area (Å²) in [6.45, 7) is 7.03. The van der Waals surface area contributed by atoms with E-state index in [-0.39, 0.29) is 12.7 Å². The predicted molar refractivity (Wildman–Crippen MR) is 155 cm³/mol. The van der Waals surface area contributed by atoms with E-state index in [4.69, 9.17) is 9.47 Å². The van der Waals surface area contributed by atoms with Crippen molar-refractivity contribution in [3.63, 3.8) is 0 Å². The number of thioether (sulfide) groups is 1. The second-order valence-electron chi connectivity index (χ2n) is 9.90. The monoisotopic (exact) mass is 557 g/mol. The zero-order valence-electron chi connectivity index (χ0n) is 23.2. The van der Waals surface area contributed by atoms with Crippen molar-refractivity contribution in [1.82, 2.24) is 0 Å². The van der Waals surface area contributed by atoms with Crippen LogP contribution >= 0.6 is 20.2 Å². The molecule has 0 saturated heterocycles. The summed E-state index contributed by atoms with van der Waals surface area (Å²) in [5.74, 6) is -0.603. The van der Waals surface area contributed by atoms with Gasteiger partial charge in [-0.2, -0.15) is 0 Å². The third-order valence-electron chi connectivity index (χ3n) is 6.62. The number of aliphatic hydroxyl groups is 1. The van der Waals surface area contributed by atoms with Crippen LogP contribution in [0.2, 0.25) is 0 Å². The van der Waals surface area contributed by atoms with Crippen LogP contribution < -0.4 is 0 Å². The molecule has 1 aromatic rings. The van der Waals surface area contributed by atoms with Crippen molar-refractivity contribution in [2.45, 2.75) is 121 Å². The Morgan fingerprint density at radius 1 is 0.946 bits per heavy atom. The maximum absolute atomic E-state index is 11.8. The summed E-state index contributed by atoms with van der Waals surface area (Å²) in [6, 6.07) is 10.3. The quantitative estimate of drug-likeness (QED) is 0.0762. The molecule has 1 aromatic carbocycles. The lowest BCUT2D eigenvalue weighted by molar-refractivity contribution is -0.157. The molecule has 6 nitrogen and oxygen atoms in total. The van der Waals surface area contributed by atoms with Gasteiger partial charge in [-0.25, -0.2) is 4.79 Å². The Bertz CT molecular complexity index is 722. The van der Waals surface area contributed by atoms with Crippen molar-refractivity contribution in [3.8, 4) is 0 Å². The van der Waals surface area contributed by atoms with Crippen LogP contribution in [0.5, 0.6) is 0 Å². The summed E-state index contributed by atoms with van der Waals surface area (Å²) in [5.41, 5.74) is 0.119. The lowest BCUT2D eigenvalue weighted by Crippen LogP contribution is -2.45. The number of hydrogen-bond donors (Lipinski definition) is 2. The normalized spacial score (nSPS) is 15.8. The number of carbonyl (C=O) groups is 1. The molecule has 0 heterocycles. The van der Waals surface area contributed by atoms with Crippen LogP contribution in [0.15, 0.2) is 30.3 Å². The zero-order chi connectivity index (χ0) is 27.4. The van der Waals surface area contributed by atoms with Crippen LogP contribution in [-0.4, -0.2) is 52.0 Å². The third kappa shape index (κ3) is 14.1. The first-order valence-electron chi connectivity index (χ1n) is 14.1. The van der Waals surface area contributed by atoms with Crippen molar-refractivity contribution in [2.24, 2.45) is 0 Å². The van der Waals surface area contributed by atoms with Crippen molar-refractivity contribution < 1.29 is 29.0 Å². The Morgan fingerprint density at radius 2 is 1.57 bits per heavy atom. The molecule has 5 atom stereocenters. The lowest BCUT2D eigenvalue weighted by atomic mass is 9.91. The highest BCUT2D eigenvalue weighted by molar-refractivity contribution is 8.00. The molecule has 0 aliphatic carbocycles. The van der Waals surface area contributed by atoms with Crippen molar-refractivity contribution in [1.29, 1.82) is 0 Å². The molecular formula is C29H50O6PS+. The van der Waals surface area contributed by atoms with Gasteiger partial charge < -0.3 is 19.7 Å². The summed E-state index contributed by atoms with van der Waals surface area (Å²) in [6.07, 6.45) is 13.6. The Kier molecular flexibility index (Phi) is 19.2. The zero-order valence-corrected chi connectivity index (χ0v) is 25.0. The van der Waals surface area contributed by atoms with Crippen molar-refractivity contribution in [2.75, 3.05) is 19.0 Å². The summed E-state index contributed by atoms with van der Waals surface area (Å²) in [7, 11) is -1.44. The molecule has 0 aliphatic rings. The summed E-state index contributed by atoms with van der Waals surface area (Å²) < 4.78 is 23.5. The standard InChI is InChI=1S/C29H49O6PS/c1-4-6-8-9-10-11-12-16-21-34-24(3)23-35-28(29(32,36-33)27(30)31)37-22-20-26(17-7-5-2)25-18-14-13-15-19-25/h13-15,18-19,24,26,28,32H,4-12,16-17,20-23H2,1-3H3,(H,30,31)/p+1. The van der Waals surface area contributed by atoms with Gasteiger partial charge in [0.25, 0.3) is 0 Å². The van der Waals surface area contributed by atoms with Crippen LogP contribution in [0.25, 0.3) is 0 Å². The maximum atomic E-state index is 11.8. The molecule has 0 aliphatic heterocycles. The van der Waals surface area contributed by atoms with Gasteiger partial charge in [-0.05, 0) is 43.4 Å². The smallest absolute Gasteiger partial charge is 0.392 e. The molecule has 8 heteroatoms. The van der Waals surface area contributed by atoms with Gasteiger partial charge >= 0.3 is 19.8 Å². The molecule has 0 radical (unpaired) electrons. The summed E-state index contributed by atoms with van der Waals surface area (Å²) >= 11 is 1.22. The Hall–Kier alpha value is -0.980. The van der Waals surface area contributed by atoms with E-state index in [0.717, 1.165) is 38.5 Å². The largest absolute Gasteiger partial charge is 0.476 e. The lowest BCUT2D eigenvalue weighted by Gasteiger charge is -2.25. The van der Waals surface area contributed by atoms with E-state index < -0.39 is 25.2 Å². The molecule has 0 saturated carbocycles. The number of carboxylic acid groups (broad SMARTS) is 1. The summed E-state index contributed by atoms with van der Waals surface area (Å²) in [4.78, 5) is 11.8. The highest BCUT2D eigenvalue weighted by atomic mass is 32.2. The summed E-state index contributed by atoms with van der Waals surface area (Å²) in [5, 5.41) is 17.8. The minimum Gasteiger partial charge on any atom is -0.476 e. The molecule has 212 valence electrons. The molecule has 2 N–H and O–H groups in total. The number of ether oxygens (including phenoxy) is 2. The molecule has 37 heavy (non-hydrogen) atoms. The van der Waals surface area contributed by atoms with Crippen LogP contribution in [0.4, 0.5) is 0 Å². The van der Waals surface area contributed by atoms with Gasteiger partial charge in [-0.1, -0.05) is 107 Å². The van der Waals surface area contributed by atoms with Crippen molar-refractivity contribution in [3.05, 3.63) is 35.9 Å². The van der Waals surface area contributed by atoms with Gasteiger partial charge in [0.1, 0.15) is 0 Å². The van der Waals surface area contributed by atoms with Gasteiger partial charge in [0.15, 0.2) is 5.44 Å². The average Bonchev–Trinajstić information content (AvgIpc) is 2.91.